The van der Waals surface area contributed by atoms with E-state index in [1.807, 2.05) is 16.7 Å². The Morgan fingerprint density at radius 3 is 2.68 bits per heavy atom. The number of hydrogen-bond donors (Lipinski definition) is 4. The molecule has 5 N–H and O–H groups in total. The summed E-state index contributed by atoms with van der Waals surface area (Å²) < 4.78 is 1.82. The van der Waals surface area contributed by atoms with E-state index in [1.54, 1.807) is 49.5 Å². The quantitative estimate of drug-likeness (QED) is 0.378. The maximum atomic E-state index is 13.3. The molecule has 1 atom stereocenters. The molecule has 2 heterocycles. The Bertz CT molecular complexity index is 1160. The molecule has 1 aliphatic heterocycles. The van der Waals surface area contributed by atoms with E-state index in [-0.39, 0.29) is 24.1 Å². The van der Waals surface area contributed by atoms with E-state index in [2.05, 4.69) is 15.5 Å². The first-order valence-electron chi connectivity index (χ1n) is 11.4. The van der Waals surface area contributed by atoms with Gasteiger partial charge >= 0.3 is 0 Å². The topological polar surface area (TPSA) is 126 Å². The fourth-order valence-electron chi connectivity index (χ4n) is 4.24. The van der Waals surface area contributed by atoms with Crippen molar-refractivity contribution in [1.82, 2.24) is 14.9 Å². The van der Waals surface area contributed by atoms with Gasteiger partial charge in [0.2, 0.25) is 5.95 Å². The molecule has 0 saturated carbocycles. The Hall–Kier alpha value is -3.85. The molecule has 1 aromatic heterocycles. The Morgan fingerprint density at radius 2 is 1.97 bits per heavy atom. The third-order valence-corrected chi connectivity index (χ3v) is 5.90. The van der Waals surface area contributed by atoms with Crippen LogP contribution in [0, 0.1) is 0 Å². The predicted octanol–water partition coefficient (Wildman–Crippen LogP) is 2.22. The number of anilines is 2. The van der Waals surface area contributed by atoms with Crippen molar-refractivity contribution in [1.29, 1.82) is 0 Å². The van der Waals surface area contributed by atoms with Gasteiger partial charge in [-0.3, -0.25) is 14.2 Å². The van der Waals surface area contributed by atoms with Gasteiger partial charge in [-0.1, -0.05) is 42.5 Å². The van der Waals surface area contributed by atoms with Gasteiger partial charge in [-0.2, -0.15) is 4.98 Å². The van der Waals surface area contributed by atoms with Crippen molar-refractivity contribution in [3.05, 3.63) is 71.4 Å². The molecule has 178 valence electrons. The third kappa shape index (κ3) is 5.20. The minimum Gasteiger partial charge on any atom is -0.508 e. The SMILES string of the molecule is CNc1nc(N2CCCC(N)C2)n(Cc2cccc(O)c2)c1C(=O)NCC(=O)c1ccccc1. The van der Waals surface area contributed by atoms with Crippen LogP contribution in [0.5, 0.6) is 5.75 Å². The number of imidazole rings is 1. The summed E-state index contributed by atoms with van der Waals surface area (Å²) in [4.78, 5) is 32.7. The zero-order chi connectivity index (χ0) is 24.1. The summed E-state index contributed by atoms with van der Waals surface area (Å²) >= 11 is 0. The van der Waals surface area contributed by atoms with E-state index >= 15 is 0 Å². The zero-order valence-corrected chi connectivity index (χ0v) is 19.2. The second-order valence-electron chi connectivity index (χ2n) is 8.44. The number of benzene rings is 2. The van der Waals surface area contributed by atoms with E-state index < -0.39 is 5.91 Å². The van der Waals surface area contributed by atoms with Gasteiger partial charge in [0.05, 0.1) is 13.1 Å². The van der Waals surface area contributed by atoms with Crippen molar-refractivity contribution < 1.29 is 14.7 Å². The highest BCUT2D eigenvalue weighted by Crippen LogP contribution is 2.28. The predicted molar refractivity (Wildman–Crippen MR) is 132 cm³/mol. The standard InChI is InChI=1S/C25H30N6O3/c1-27-23-22(24(34)28-14-21(33)18-8-3-2-4-9-18)31(15-17-7-5-11-20(32)13-17)25(29-23)30-12-6-10-19(26)16-30/h2-5,7-9,11,13,19,27,32H,6,10,12,14-16,26H2,1H3,(H,28,34). The summed E-state index contributed by atoms with van der Waals surface area (Å²) in [6, 6.07) is 15.8. The molecule has 1 fully saturated rings. The molecule has 4 rings (SSSR count). The molecule has 1 amide bonds. The van der Waals surface area contributed by atoms with Gasteiger partial charge in [-0.05, 0) is 30.5 Å². The fraction of sp³-hybridized carbons (Fsp3) is 0.320. The molecule has 1 aliphatic rings. The van der Waals surface area contributed by atoms with E-state index in [0.29, 0.717) is 36.1 Å². The Labute approximate surface area is 198 Å². The van der Waals surface area contributed by atoms with Gasteiger partial charge in [0.1, 0.15) is 5.75 Å². The lowest BCUT2D eigenvalue weighted by molar-refractivity contribution is 0.0899. The Balaban J connectivity index is 1.66. The summed E-state index contributed by atoms with van der Waals surface area (Å²) in [6.07, 6.45) is 1.87. The van der Waals surface area contributed by atoms with Crippen LogP contribution in [0.1, 0.15) is 39.3 Å². The van der Waals surface area contributed by atoms with Crippen LogP contribution in [0.25, 0.3) is 0 Å². The van der Waals surface area contributed by atoms with Crippen molar-refractivity contribution in [2.45, 2.75) is 25.4 Å². The number of amides is 1. The highest BCUT2D eigenvalue weighted by atomic mass is 16.3. The lowest BCUT2D eigenvalue weighted by atomic mass is 10.1. The third-order valence-electron chi connectivity index (χ3n) is 5.90. The monoisotopic (exact) mass is 462 g/mol. The largest absolute Gasteiger partial charge is 0.508 e. The average molecular weight is 463 g/mol. The van der Waals surface area contributed by atoms with Gasteiger partial charge < -0.3 is 26.4 Å². The van der Waals surface area contributed by atoms with E-state index in [4.69, 9.17) is 10.7 Å². The smallest absolute Gasteiger partial charge is 0.272 e. The Kier molecular flexibility index (Phi) is 7.12. The van der Waals surface area contributed by atoms with E-state index in [1.165, 1.54) is 0 Å². The summed E-state index contributed by atoms with van der Waals surface area (Å²) in [5.74, 6) is 0.601. The molecule has 0 aliphatic carbocycles. The lowest BCUT2D eigenvalue weighted by Crippen LogP contribution is -2.44. The van der Waals surface area contributed by atoms with Crippen molar-refractivity contribution in [2.24, 2.45) is 5.73 Å². The summed E-state index contributed by atoms with van der Waals surface area (Å²) in [7, 11) is 1.71. The van der Waals surface area contributed by atoms with Gasteiger partial charge in [0.15, 0.2) is 17.3 Å². The van der Waals surface area contributed by atoms with Gasteiger partial charge in [-0.15, -0.1) is 0 Å². The normalized spacial score (nSPS) is 15.7. The first kappa shape index (κ1) is 23.3. The fourth-order valence-corrected chi connectivity index (χ4v) is 4.24. The minimum atomic E-state index is -0.408. The summed E-state index contributed by atoms with van der Waals surface area (Å²) in [5.41, 5.74) is 7.89. The highest BCUT2D eigenvalue weighted by Gasteiger charge is 2.28. The first-order valence-corrected chi connectivity index (χ1v) is 11.4. The van der Waals surface area contributed by atoms with Crippen molar-refractivity contribution >= 4 is 23.5 Å². The number of nitrogens with one attached hydrogen (secondary N) is 2. The van der Waals surface area contributed by atoms with Crippen molar-refractivity contribution in [2.75, 3.05) is 36.9 Å². The van der Waals surface area contributed by atoms with Crippen LogP contribution < -0.4 is 21.3 Å². The summed E-state index contributed by atoms with van der Waals surface area (Å²) in [6.45, 7) is 1.60. The van der Waals surface area contributed by atoms with Crippen LogP contribution in [0.4, 0.5) is 11.8 Å². The number of aromatic nitrogens is 2. The molecule has 0 radical (unpaired) electrons. The number of phenolic OH excluding ortho intramolecular Hbond substituents is 1. The molecule has 1 unspecified atom stereocenters. The molecular weight excluding hydrogens is 432 g/mol. The van der Waals surface area contributed by atoms with Gasteiger partial charge in [0, 0.05) is 31.7 Å². The average Bonchev–Trinajstić information content (AvgIpc) is 3.21. The molecule has 9 nitrogen and oxygen atoms in total. The van der Waals surface area contributed by atoms with Crippen LogP contribution in [0.2, 0.25) is 0 Å². The van der Waals surface area contributed by atoms with Crippen LogP contribution in [-0.4, -0.2) is 59.1 Å². The number of phenols is 1. The molecule has 0 spiro atoms. The molecule has 34 heavy (non-hydrogen) atoms. The maximum absolute atomic E-state index is 13.3. The number of aromatic hydroxyl groups is 1. The Morgan fingerprint density at radius 1 is 1.18 bits per heavy atom. The van der Waals surface area contributed by atoms with Crippen LogP contribution in [0.3, 0.4) is 0 Å². The zero-order valence-electron chi connectivity index (χ0n) is 19.2. The molecule has 1 saturated heterocycles. The van der Waals surface area contributed by atoms with E-state index in [9.17, 15) is 14.7 Å². The number of Topliss-reactive ketones (excluding diaryl/α,β-unsaturated/α-hetero) is 1. The van der Waals surface area contributed by atoms with Crippen LogP contribution >= 0.6 is 0 Å². The van der Waals surface area contributed by atoms with Gasteiger partial charge in [0.25, 0.3) is 5.91 Å². The van der Waals surface area contributed by atoms with Crippen molar-refractivity contribution in [3.63, 3.8) is 0 Å². The number of carbonyl (C=O) groups is 2. The first-order chi connectivity index (χ1) is 16.5. The maximum Gasteiger partial charge on any atom is 0.272 e. The second-order valence-corrected chi connectivity index (χ2v) is 8.44. The number of ketones is 1. The molecular formula is C25H30N6O3. The number of carbonyl (C=O) groups excluding carboxylic acids is 2. The second kappa shape index (κ2) is 10.4. The van der Waals surface area contributed by atoms with E-state index in [0.717, 1.165) is 24.9 Å². The number of piperidine rings is 1. The summed E-state index contributed by atoms with van der Waals surface area (Å²) in [5, 5.41) is 15.7. The van der Waals surface area contributed by atoms with Crippen LogP contribution in [-0.2, 0) is 6.54 Å². The highest BCUT2D eigenvalue weighted by molar-refractivity contribution is 6.03. The lowest BCUT2D eigenvalue weighted by Gasteiger charge is -2.32. The number of nitrogens with zero attached hydrogens (tertiary/aromatic N) is 3. The molecule has 9 heteroatoms. The van der Waals surface area contributed by atoms with Crippen molar-refractivity contribution in [3.8, 4) is 5.75 Å². The molecule has 0 bridgehead atoms. The number of nitrogens with two attached hydrogens (primary N) is 1. The number of rotatable bonds is 8. The molecule has 3 aromatic rings. The minimum absolute atomic E-state index is 0.0264. The number of hydrogen-bond acceptors (Lipinski definition) is 7. The molecule has 2 aromatic carbocycles. The van der Waals surface area contributed by atoms with Crippen LogP contribution in [0.15, 0.2) is 54.6 Å². The van der Waals surface area contributed by atoms with Gasteiger partial charge in [-0.25, -0.2) is 0 Å².